The summed E-state index contributed by atoms with van der Waals surface area (Å²) in [4.78, 5) is 19.8. The van der Waals surface area contributed by atoms with Crippen molar-refractivity contribution in [3.05, 3.63) is 22.7 Å². The Hall–Kier alpha value is -1.36. The van der Waals surface area contributed by atoms with Crippen LogP contribution in [0.1, 0.15) is 6.92 Å². The lowest BCUT2D eigenvalue weighted by Crippen LogP contribution is -2.33. The molecule has 1 aromatic rings. The van der Waals surface area contributed by atoms with Crippen molar-refractivity contribution in [3.63, 3.8) is 0 Å². The summed E-state index contributed by atoms with van der Waals surface area (Å²) in [6.45, 7) is 2.78. The van der Waals surface area contributed by atoms with Crippen LogP contribution in [0.25, 0.3) is 0 Å². The van der Waals surface area contributed by atoms with Gasteiger partial charge in [-0.2, -0.15) is 0 Å². The van der Waals surface area contributed by atoms with Gasteiger partial charge >= 0.3 is 0 Å². The van der Waals surface area contributed by atoms with Gasteiger partial charge in [-0.1, -0.05) is 0 Å². The van der Waals surface area contributed by atoms with E-state index in [4.69, 9.17) is 0 Å². The summed E-state index contributed by atoms with van der Waals surface area (Å²) in [6.07, 6.45) is 3.08. The maximum absolute atomic E-state index is 11.2. The lowest BCUT2D eigenvalue weighted by molar-refractivity contribution is 0.326. The Morgan fingerprint density at radius 1 is 1.64 bits per heavy atom. The highest BCUT2D eigenvalue weighted by Gasteiger charge is 2.05. The molecule has 0 fully saturated rings. The summed E-state index contributed by atoms with van der Waals surface area (Å²) in [5.74, 6) is 0.376. The molecule has 1 rings (SSSR count). The fraction of sp³-hybridized carbons (Fsp3) is 0.556. The van der Waals surface area contributed by atoms with Gasteiger partial charge in [0.15, 0.2) is 5.82 Å². The Labute approximate surface area is 83.2 Å². The molecule has 0 radical (unpaired) electrons. The van der Waals surface area contributed by atoms with Crippen LogP contribution in [0.3, 0.4) is 0 Å². The highest BCUT2D eigenvalue weighted by Crippen LogP contribution is 1.94. The number of aromatic nitrogens is 2. The zero-order chi connectivity index (χ0) is 10.6. The smallest absolute Gasteiger partial charge is 0.290 e. The normalized spacial score (nSPS) is 12.9. The Kier molecular flexibility index (Phi) is 3.64. The van der Waals surface area contributed by atoms with Crippen molar-refractivity contribution in [2.45, 2.75) is 13.0 Å². The second kappa shape index (κ2) is 4.76. The molecule has 14 heavy (non-hydrogen) atoms. The maximum atomic E-state index is 11.2. The maximum Gasteiger partial charge on any atom is 0.290 e. The first kappa shape index (κ1) is 10.7. The fourth-order valence-corrected chi connectivity index (χ4v) is 0.905. The monoisotopic (exact) mass is 196 g/mol. The summed E-state index contributed by atoms with van der Waals surface area (Å²) in [6, 6.07) is 0.358. The minimum absolute atomic E-state index is 0.182. The van der Waals surface area contributed by atoms with Crippen LogP contribution in [0.15, 0.2) is 17.2 Å². The number of nitrogens with zero attached hydrogens (tertiary/aromatic N) is 2. The van der Waals surface area contributed by atoms with Crippen molar-refractivity contribution in [1.29, 1.82) is 0 Å². The van der Waals surface area contributed by atoms with Crippen molar-refractivity contribution < 1.29 is 0 Å². The third kappa shape index (κ3) is 2.85. The first-order valence-corrected chi connectivity index (χ1v) is 4.55. The molecule has 1 heterocycles. The van der Waals surface area contributed by atoms with Crippen LogP contribution in [0, 0.1) is 0 Å². The molecule has 1 unspecified atom stereocenters. The van der Waals surface area contributed by atoms with E-state index in [0.29, 0.717) is 18.4 Å². The average molecular weight is 196 g/mol. The topological polar surface area (TPSA) is 61.0 Å². The molecule has 0 aliphatic rings. The van der Waals surface area contributed by atoms with Gasteiger partial charge in [-0.15, -0.1) is 0 Å². The van der Waals surface area contributed by atoms with E-state index in [1.165, 1.54) is 6.20 Å². The van der Waals surface area contributed by atoms with E-state index in [-0.39, 0.29) is 5.56 Å². The molecular weight excluding hydrogens is 180 g/mol. The molecule has 1 atom stereocenters. The standard InChI is InChI=1S/C9H16N4O/c1-7(13(2)3)6-12-8-9(14)11-5-4-10-8/h4-5,7H,6H2,1-3H3,(H,10,12)(H,11,14). The molecule has 0 aromatic carbocycles. The quantitative estimate of drug-likeness (QED) is 0.718. The predicted octanol–water partition coefficient (Wildman–Crippen LogP) is 0.132. The van der Waals surface area contributed by atoms with Gasteiger partial charge in [-0.05, 0) is 21.0 Å². The molecule has 5 nitrogen and oxygen atoms in total. The van der Waals surface area contributed by atoms with E-state index >= 15 is 0 Å². The molecule has 0 spiro atoms. The average Bonchev–Trinajstić information content (AvgIpc) is 2.16. The summed E-state index contributed by atoms with van der Waals surface area (Å²) in [5.41, 5.74) is -0.182. The third-order valence-corrected chi connectivity index (χ3v) is 2.15. The van der Waals surface area contributed by atoms with Gasteiger partial charge in [0.25, 0.3) is 5.56 Å². The van der Waals surface area contributed by atoms with Crippen LogP contribution >= 0.6 is 0 Å². The van der Waals surface area contributed by atoms with Crippen LogP contribution < -0.4 is 10.9 Å². The number of rotatable bonds is 4. The van der Waals surface area contributed by atoms with Crippen molar-refractivity contribution in [1.82, 2.24) is 14.9 Å². The molecule has 1 aromatic heterocycles. The highest BCUT2D eigenvalue weighted by atomic mass is 16.1. The SMILES string of the molecule is CC(CNc1ncc[nH]c1=O)N(C)C. The van der Waals surface area contributed by atoms with Gasteiger partial charge in [-0.25, -0.2) is 4.98 Å². The Balaban J connectivity index is 2.54. The lowest BCUT2D eigenvalue weighted by atomic mass is 10.3. The number of hydrogen-bond acceptors (Lipinski definition) is 4. The van der Waals surface area contributed by atoms with E-state index in [2.05, 4.69) is 27.1 Å². The molecule has 0 saturated carbocycles. The minimum Gasteiger partial charge on any atom is -0.364 e. The minimum atomic E-state index is -0.182. The Morgan fingerprint density at radius 3 is 2.93 bits per heavy atom. The number of anilines is 1. The van der Waals surface area contributed by atoms with Crippen LogP contribution in [0.2, 0.25) is 0 Å². The Morgan fingerprint density at radius 2 is 2.36 bits per heavy atom. The van der Waals surface area contributed by atoms with Gasteiger partial charge in [-0.3, -0.25) is 4.79 Å². The lowest BCUT2D eigenvalue weighted by Gasteiger charge is -2.19. The second-order valence-electron chi connectivity index (χ2n) is 3.46. The number of H-pyrrole nitrogens is 1. The predicted molar refractivity (Wildman–Crippen MR) is 56.5 cm³/mol. The molecule has 78 valence electrons. The zero-order valence-electron chi connectivity index (χ0n) is 8.74. The van der Waals surface area contributed by atoms with Gasteiger partial charge in [0.05, 0.1) is 0 Å². The first-order chi connectivity index (χ1) is 6.61. The van der Waals surface area contributed by atoms with Gasteiger partial charge < -0.3 is 15.2 Å². The summed E-state index contributed by atoms with van der Waals surface area (Å²) < 4.78 is 0. The number of nitrogens with one attached hydrogen (secondary N) is 2. The van der Waals surface area contributed by atoms with Gasteiger partial charge in [0.1, 0.15) is 0 Å². The number of likely N-dealkylation sites (N-methyl/N-ethyl adjacent to an activating group) is 1. The number of aromatic amines is 1. The molecule has 0 bridgehead atoms. The Bertz CT molecular complexity index is 334. The van der Waals surface area contributed by atoms with Crippen molar-refractivity contribution >= 4 is 5.82 Å². The third-order valence-electron chi connectivity index (χ3n) is 2.15. The van der Waals surface area contributed by atoms with E-state index in [1.807, 2.05) is 14.1 Å². The van der Waals surface area contributed by atoms with Crippen LogP contribution in [0.4, 0.5) is 5.82 Å². The summed E-state index contributed by atoms with van der Waals surface area (Å²) in [5, 5.41) is 3.00. The molecular formula is C9H16N4O. The van der Waals surface area contributed by atoms with E-state index in [9.17, 15) is 4.79 Å². The molecule has 0 amide bonds. The molecule has 5 heteroatoms. The van der Waals surface area contributed by atoms with E-state index < -0.39 is 0 Å². The van der Waals surface area contributed by atoms with Crippen molar-refractivity contribution in [2.24, 2.45) is 0 Å². The first-order valence-electron chi connectivity index (χ1n) is 4.55. The molecule has 2 N–H and O–H groups in total. The largest absolute Gasteiger partial charge is 0.364 e. The molecule has 0 aliphatic carbocycles. The highest BCUT2D eigenvalue weighted by molar-refractivity contribution is 5.30. The second-order valence-corrected chi connectivity index (χ2v) is 3.46. The van der Waals surface area contributed by atoms with E-state index in [1.54, 1.807) is 6.20 Å². The summed E-state index contributed by atoms with van der Waals surface area (Å²) in [7, 11) is 3.99. The zero-order valence-corrected chi connectivity index (χ0v) is 8.74. The van der Waals surface area contributed by atoms with Crippen molar-refractivity contribution in [3.8, 4) is 0 Å². The number of hydrogen-bond donors (Lipinski definition) is 2. The summed E-state index contributed by atoms with van der Waals surface area (Å²) >= 11 is 0. The van der Waals surface area contributed by atoms with Gasteiger partial charge in [0.2, 0.25) is 0 Å². The van der Waals surface area contributed by atoms with Crippen LogP contribution in [-0.2, 0) is 0 Å². The van der Waals surface area contributed by atoms with Crippen LogP contribution in [0.5, 0.6) is 0 Å². The van der Waals surface area contributed by atoms with Crippen LogP contribution in [-0.4, -0.2) is 41.5 Å². The van der Waals surface area contributed by atoms with E-state index in [0.717, 1.165) is 0 Å². The van der Waals surface area contributed by atoms with Gasteiger partial charge in [0, 0.05) is 25.0 Å². The fourth-order valence-electron chi connectivity index (χ4n) is 0.905. The molecule has 0 aliphatic heterocycles. The molecule has 0 saturated heterocycles. The van der Waals surface area contributed by atoms with Crippen molar-refractivity contribution in [2.75, 3.05) is 26.0 Å².